The van der Waals surface area contributed by atoms with Gasteiger partial charge in [0.2, 0.25) is 0 Å². The van der Waals surface area contributed by atoms with Gasteiger partial charge in [-0.2, -0.15) is 5.26 Å². The van der Waals surface area contributed by atoms with E-state index < -0.39 is 0 Å². The van der Waals surface area contributed by atoms with E-state index in [1.807, 2.05) is 25.1 Å². The summed E-state index contributed by atoms with van der Waals surface area (Å²) in [6.45, 7) is 2.99. The average Bonchev–Trinajstić information content (AvgIpc) is 2.48. The highest BCUT2D eigenvalue weighted by Gasteiger charge is 2.07. The van der Waals surface area contributed by atoms with E-state index in [9.17, 15) is 0 Å². The molecule has 0 aliphatic heterocycles. The van der Waals surface area contributed by atoms with Crippen LogP contribution in [0.4, 0.5) is 0 Å². The van der Waals surface area contributed by atoms with E-state index in [2.05, 4.69) is 12.1 Å². The molecule has 108 valence electrons. The van der Waals surface area contributed by atoms with Gasteiger partial charge in [-0.05, 0) is 43.7 Å². The molecule has 0 aliphatic rings. The van der Waals surface area contributed by atoms with E-state index in [1.165, 1.54) is 5.56 Å². The Balaban J connectivity index is 2.15. The van der Waals surface area contributed by atoms with Crippen LogP contribution < -0.4 is 10.5 Å². The Morgan fingerprint density at radius 2 is 2.00 bits per heavy atom. The smallest absolute Gasteiger partial charge is 0.123 e. The van der Waals surface area contributed by atoms with Gasteiger partial charge in [0.05, 0.1) is 11.6 Å². The van der Waals surface area contributed by atoms with Gasteiger partial charge in [0, 0.05) is 10.6 Å². The second-order valence-corrected chi connectivity index (χ2v) is 5.26. The Hall–Kier alpha value is -2.02. The van der Waals surface area contributed by atoms with Crippen LogP contribution in [0.15, 0.2) is 36.4 Å². The van der Waals surface area contributed by atoms with Gasteiger partial charge in [-0.3, -0.25) is 0 Å². The molecule has 0 atom stereocenters. The van der Waals surface area contributed by atoms with Crippen molar-refractivity contribution in [2.24, 2.45) is 5.73 Å². The maximum absolute atomic E-state index is 8.83. The van der Waals surface area contributed by atoms with Gasteiger partial charge in [-0.1, -0.05) is 35.4 Å². The van der Waals surface area contributed by atoms with E-state index in [0.717, 1.165) is 23.3 Å². The van der Waals surface area contributed by atoms with Crippen molar-refractivity contribution >= 4 is 11.6 Å². The number of halogens is 1. The standard InChI is InChI=1S/C17H17ClN2O/c1-12-2-5-17(14(8-12)6-7-19)21-11-15-4-3-13(10-20)9-16(15)18/h2-5,8-9H,6-7,11,19H2,1H3. The van der Waals surface area contributed by atoms with Crippen LogP contribution in [-0.2, 0) is 13.0 Å². The third-order valence-electron chi connectivity index (χ3n) is 3.20. The first-order valence-corrected chi connectivity index (χ1v) is 7.12. The third-order valence-corrected chi connectivity index (χ3v) is 3.55. The zero-order valence-electron chi connectivity index (χ0n) is 11.9. The highest BCUT2D eigenvalue weighted by atomic mass is 35.5. The summed E-state index contributed by atoms with van der Waals surface area (Å²) in [6, 6.07) is 13.3. The lowest BCUT2D eigenvalue weighted by molar-refractivity contribution is 0.303. The van der Waals surface area contributed by atoms with Gasteiger partial charge in [0.15, 0.2) is 0 Å². The second-order valence-electron chi connectivity index (χ2n) is 4.86. The number of hydrogen-bond donors (Lipinski definition) is 1. The zero-order valence-corrected chi connectivity index (χ0v) is 12.7. The van der Waals surface area contributed by atoms with Gasteiger partial charge in [0.1, 0.15) is 12.4 Å². The predicted octanol–water partition coefficient (Wildman–Crippen LogP) is 3.60. The van der Waals surface area contributed by atoms with Gasteiger partial charge in [-0.15, -0.1) is 0 Å². The molecule has 3 nitrogen and oxygen atoms in total. The molecule has 0 aliphatic carbocycles. The minimum Gasteiger partial charge on any atom is -0.489 e. The van der Waals surface area contributed by atoms with Gasteiger partial charge in [-0.25, -0.2) is 0 Å². The van der Waals surface area contributed by atoms with Crippen LogP contribution in [0, 0.1) is 18.3 Å². The van der Waals surface area contributed by atoms with E-state index in [0.29, 0.717) is 23.7 Å². The van der Waals surface area contributed by atoms with Crippen molar-refractivity contribution in [1.82, 2.24) is 0 Å². The summed E-state index contributed by atoms with van der Waals surface area (Å²) in [4.78, 5) is 0. The number of benzene rings is 2. The van der Waals surface area contributed by atoms with E-state index in [1.54, 1.807) is 12.1 Å². The molecule has 0 amide bonds. The maximum atomic E-state index is 8.83. The molecule has 2 aromatic rings. The van der Waals surface area contributed by atoms with Crippen LogP contribution in [0.25, 0.3) is 0 Å². The van der Waals surface area contributed by atoms with Crippen molar-refractivity contribution in [1.29, 1.82) is 5.26 Å². The molecule has 0 fully saturated rings. The molecular weight excluding hydrogens is 284 g/mol. The Bertz CT molecular complexity index is 677. The molecule has 0 heterocycles. The quantitative estimate of drug-likeness (QED) is 0.918. The Morgan fingerprint density at radius 1 is 1.19 bits per heavy atom. The number of aryl methyl sites for hydroxylation is 1. The van der Waals surface area contributed by atoms with Crippen molar-refractivity contribution in [3.05, 3.63) is 63.7 Å². The molecule has 0 saturated carbocycles. The van der Waals surface area contributed by atoms with Gasteiger partial charge >= 0.3 is 0 Å². The molecule has 0 radical (unpaired) electrons. The number of hydrogen-bond acceptors (Lipinski definition) is 3. The molecule has 0 bridgehead atoms. The largest absolute Gasteiger partial charge is 0.489 e. The van der Waals surface area contributed by atoms with Crippen LogP contribution in [0.2, 0.25) is 5.02 Å². The highest BCUT2D eigenvalue weighted by Crippen LogP contribution is 2.24. The number of nitrogens with two attached hydrogens (primary N) is 1. The van der Waals surface area contributed by atoms with Crippen LogP contribution in [0.3, 0.4) is 0 Å². The van der Waals surface area contributed by atoms with Crippen molar-refractivity contribution < 1.29 is 4.74 Å². The fourth-order valence-electron chi connectivity index (χ4n) is 2.09. The van der Waals surface area contributed by atoms with Crippen molar-refractivity contribution in [3.8, 4) is 11.8 Å². The summed E-state index contributed by atoms with van der Waals surface area (Å²) >= 11 is 6.15. The molecule has 2 aromatic carbocycles. The summed E-state index contributed by atoms with van der Waals surface area (Å²) in [5.74, 6) is 0.825. The average molecular weight is 301 g/mol. The second kappa shape index (κ2) is 7.12. The monoisotopic (exact) mass is 300 g/mol. The lowest BCUT2D eigenvalue weighted by Crippen LogP contribution is -2.06. The molecule has 0 spiro atoms. The maximum Gasteiger partial charge on any atom is 0.123 e. The topological polar surface area (TPSA) is 59.0 Å². The van der Waals surface area contributed by atoms with Crippen molar-refractivity contribution in [2.45, 2.75) is 20.0 Å². The molecule has 0 unspecified atom stereocenters. The molecule has 2 N–H and O–H groups in total. The molecular formula is C17H17ClN2O. The fraction of sp³-hybridized carbons (Fsp3) is 0.235. The summed E-state index contributed by atoms with van der Waals surface area (Å²) in [5.41, 5.74) is 9.32. The van der Waals surface area contributed by atoms with Crippen LogP contribution >= 0.6 is 11.6 Å². The molecule has 0 aromatic heterocycles. The summed E-state index contributed by atoms with van der Waals surface area (Å²) in [7, 11) is 0. The molecule has 2 rings (SSSR count). The number of nitriles is 1. The Morgan fingerprint density at radius 3 is 2.67 bits per heavy atom. The summed E-state index contributed by atoms with van der Waals surface area (Å²) < 4.78 is 5.86. The van der Waals surface area contributed by atoms with Crippen LogP contribution in [-0.4, -0.2) is 6.54 Å². The normalized spacial score (nSPS) is 10.2. The minimum atomic E-state index is 0.366. The zero-order chi connectivity index (χ0) is 15.2. The Kier molecular flexibility index (Phi) is 5.21. The first kappa shape index (κ1) is 15.4. The third kappa shape index (κ3) is 3.98. The minimum absolute atomic E-state index is 0.366. The first-order chi connectivity index (χ1) is 10.1. The first-order valence-electron chi connectivity index (χ1n) is 6.75. The van der Waals surface area contributed by atoms with Crippen LogP contribution in [0.5, 0.6) is 5.75 Å². The lowest BCUT2D eigenvalue weighted by atomic mass is 10.1. The summed E-state index contributed by atoms with van der Waals surface area (Å²) in [6.07, 6.45) is 0.776. The van der Waals surface area contributed by atoms with E-state index in [4.69, 9.17) is 27.3 Å². The van der Waals surface area contributed by atoms with E-state index in [-0.39, 0.29) is 0 Å². The molecule has 21 heavy (non-hydrogen) atoms. The number of rotatable bonds is 5. The number of nitrogens with zero attached hydrogens (tertiary/aromatic N) is 1. The van der Waals surface area contributed by atoms with Crippen molar-refractivity contribution in [3.63, 3.8) is 0 Å². The summed E-state index contributed by atoms with van der Waals surface area (Å²) in [5, 5.41) is 9.37. The van der Waals surface area contributed by atoms with Crippen LogP contribution in [0.1, 0.15) is 22.3 Å². The molecule has 4 heteroatoms. The highest BCUT2D eigenvalue weighted by molar-refractivity contribution is 6.31. The Labute approximate surface area is 129 Å². The van der Waals surface area contributed by atoms with Gasteiger partial charge < -0.3 is 10.5 Å². The number of ether oxygens (including phenoxy) is 1. The fourth-order valence-corrected chi connectivity index (χ4v) is 2.32. The SMILES string of the molecule is Cc1ccc(OCc2ccc(C#N)cc2Cl)c(CCN)c1. The molecule has 0 saturated heterocycles. The van der Waals surface area contributed by atoms with Gasteiger partial charge in [0.25, 0.3) is 0 Å². The van der Waals surface area contributed by atoms with E-state index >= 15 is 0 Å². The van der Waals surface area contributed by atoms with Crippen molar-refractivity contribution in [2.75, 3.05) is 6.54 Å². The lowest BCUT2D eigenvalue weighted by Gasteiger charge is -2.13. The predicted molar refractivity (Wildman–Crippen MR) is 84.4 cm³/mol.